The van der Waals surface area contributed by atoms with Crippen molar-refractivity contribution < 1.29 is 4.79 Å². The second-order valence-electron chi connectivity index (χ2n) is 7.78. The summed E-state index contributed by atoms with van der Waals surface area (Å²) in [6.45, 7) is 2.75. The Hall–Kier alpha value is -3.25. The van der Waals surface area contributed by atoms with E-state index in [9.17, 15) is 14.4 Å². The largest absolute Gasteiger partial charge is 0.360 e. The van der Waals surface area contributed by atoms with Gasteiger partial charge in [-0.25, -0.2) is 14.2 Å². The van der Waals surface area contributed by atoms with E-state index in [1.807, 2.05) is 18.9 Å². The molecule has 4 aromatic rings. The number of hydrogen-bond acceptors (Lipinski definition) is 6. The highest BCUT2D eigenvalue weighted by molar-refractivity contribution is 7.99. The Bertz CT molecular complexity index is 1630. The summed E-state index contributed by atoms with van der Waals surface area (Å²) in [5.41, 5.74) is 0.589. The molecule has 0 spiro atoms. The van der Waals surface area contributed by atoms with Crippen molar-refractivity contribution in [2.24, 2.45) is 4.99 Å². The van der Waals surface area contributed by atoms with E-state index < -0.39 is 17.3 Å². The maximum absolute atomic E-state index is 13.3. The first kappa shape index (κ1) is 26.8. The number of amides is 2. The van der Waals surface area contributed by atoms with Crippen LogP contribution in [0.5, 0.6) is 0 Å². The van der Waals surface area contributed by atoms with Gasteiger partial charge in [0.25, 0.3) is 5.56 Å². The molecule has 13 heteroatoms. The lowest BCUT2D eigenvalue weighted by Crippen LogP contribution is -2.34. The first-order valence-corrected chi connectivity index (χ1v) is 13.4. The molecule has 9 nitrogen and oxygen atoms in total. The number of hydrogen-bond donors (Lipinski definition) is 3. The van der Waals surface area contributed by atoms with Crippen LogP contribution in [0.1, 0.15) is 12.5 Å². The van der Waals surface area contributed by atoms with Gasteiger partial charge in [0.15, 0.2) is 0 Å². The predicted molar refractivity (Wildman–Crippen MR) is 153 cm³/mol. The molecule has 0 saturated heterocycles. The Labute approximate surface area is 230 Å². The number of carbonyl (C=O) groups is 1. The van der Waals surface area contributed by atoms with Crippen molar-refractivity contribution in [3.63, 3.8) is 0 Å². The minimum absolute atomic E-state index is 0.115. The van der Waals surface area contributed by atoms with Crippen molar-refractivity contribution in [2.75, 3.05) is 26.0 Å². The van der Waals surface area contributed by atoms with Crippen molar-refractivity contribution in [1.82, 2.24) is 19.2 Å². The molecule has 0 aliphatic rings. The van der Waals surface area contributed by atoms with Gasteiger partial charge in [-0.3, -0.25) is 14.5 Å². The Morgan fingerprint density at radius 2 is 1.95 bits per heavy atom. The van der Waals surface area contributed by atoms with E-state index >= 15 is 0 Å². The van der Waals surface area contributed by atoms with Crippen molar-refractivity contribution in [3.8, 4) is 5.69 Å². The van der Waals surface area contributed by atoms with Crippen LogP contribution in [-0.4, -0.2) is 47.0 Å². The van der Waals surface area contributed by atoms with E-state index in [-0.39, 0.29) is 10.7 Å². The van der Waals surface area contributed by atoms with Crippen LogP contribution in [0.25, 0.3) is 16.6 Å². The molecule has 0 bridgehead atoms. The zero-order valence-electron chi connectivity index (χ0n) is 20.0. The van der Waals surface area contributed by atoms with Gasteiger partial charge in [-0.1, -0.05) is 29.3 Å². The summed E-state index contributed by atoms with van der Waals surface area (Å²) in [4.78, 5) is 47.5. The predicted octanol–water partition coefficient (Wildman–Crippen LogP) is 5.20. The Kier molecular flexibility index (Phi) is 8.28. The molecule has 4 rings (SSSR count). The van der Waals surface area contributed by atoms with E-state index in [0.717, 1.165) is 38.7 Å². The fourth-order valence-electron chi connectivity index (χ4n) is 3.62. The van der Waals surface area contributed by atoms with E-state index in [4.69, 9.17) is 23.2 Å². The summed E-state index contributed by atoms with van der Waals surface area (Å²) in [7, 11) is 3.60. The van der Waals surface area contributed by atoms with Gasteiger partial charge in [0.05, 0.1) is 30.2 Å². The summed E-state index contributed by atoms with van der Waals surface area (Å²) in [6.07, 6.45) is 0. The molecule has 0 radical (unpaired) electrons. The topological polar surface area (TPSA) is 112 Å². The molecule has 0 aliphatic heterocycles. The Balaban J connectivity index is 1.60. The van der Waals surface area contributed by atoms with Gasteiger partial charge < -0.3 is 15.2 Å². The minimum atomic E-state index is -0.639. The summed E-state index contributed by atoms with van der Waals surface area (Å²) in [6, 6.07) is 12.7. The molecule has 2 heterocycles. The van der Waals surface area contributed by atoms with Crippen LogP contribution in [0.3, 0.4) is 0 Å². The zero-order chi connectivity index (χ0) is 26.7. The number of nitrogens with one attached hydrogen (secondary N) is 3. The highest BCUT2D eigenvalue weighted by Crippen LogP contribution is 2.29. The Morgan fingerprint density at radius 3 is 2.59 bits per heavy atom. The number of H-pyrrole nitrogens is 1. The molecule has 192 valence electrons. The lowest BCUT2D eigenvalue weighted by atomic mass is 10.1. The quantitative estimate of drug-likeness (QED) is 0.166. The molecular weight excluding hydrogens is 555 g/mol. The van der Waals surface area contributed by atoms with Gasteiger partial charge in [0.1, 0.15) is 5.84 Å². The molecule has 0 unspecified atom stereocenters. The summed E-state index contributed by atoms with van der Waals surface area (Å²) >= 11 is 14.8. The van der Waals surface area contributed by atoms with Crippen LogP contribution in [0.2, 0.25) is 9.36 Å². The first-order chi connectivity index (χ1) is 17.7. The maximum Gasteiger partial charge on any atom is 0.333 e. The zero-order valence-corrected chi connectivity index (χ0v) is 23.1. The number of nitrogens with zero attached hydrogens (tertiary/aromatic N) is 3. The van der Waals surface area contributed by atoms with E-state index in [1.165, 1.54) is 23.5 Å². The van der Waals surface area contributed by atoms with Crippen molar-refractivity contribution in [2.45, 2.75) is 11.1 Å². The average molecular weight is 578 g/mol. The number of amidine groups is 1. The van der Waals surface area contributed by atoms with Gasteiger partial charge in [-0.2, -0.15) is 0 Å². The number of aliphatic imine (C=N–C) groups is 1. The van der Waals surface area contributed by atoms with Gasteiger partial charge in [0.2, 0.25) is 0 Å². The number of urea groups is 1. The van der Waals surface area contributed by atoms with Gasteiger partial charge in [0, 0.05) is 31.9 Å². The monoisotopic (exact) mass is 576 g/mol. The molecule has 0 atom stereocenters. The molecule has 0 aliphatic carbocycles. The van der Waals surface area contributed by atoms with Crippen molar-refractivity contribution >= 4 is 74.9 Å². The molecule has 3 N–H and O–H groups in total. The number of thiophene rings is 1. The fraction of sp³-hybridized carbons (Fsp3) is 0.167. The van der Waals surface area contributed by atoms with Crippen molar-refractivity contribution in [1.29, 1.82) is 0 Å². The fourth-order valence-corrected chi connectivity index (χ4v) is 5.74. The van der Waals surface area contributed by atoms with Crippen LogP contribution in [0.15, 0.2) is 67.3 Å². The van der Waals surface area contributed by atoms with Crippen molar-refractivity contribution in [3.05, 3.63) is 84.3 Å². The van der Waals surface area contributed by atoms with Crippen LogP contribution in [-0.2, 0) is 0 Å². The number of halogens is 2. The number of anilines is 1. The highest BCUT2D eigenvalue weighted by Gasteiger charge is 2.16. The number of fused-ring (bicyclic) bond motifs is 1. The molecule has 0 fully saturated rings. The second kappa shape index (κ2) is 11.4. The molecule has 2 aromatic carbocycles. The minimum Gasteiger partial charge on any atom is -0.360 e. The number of rotatable bonds is 6. The average Bonchev–Trinajstić information content (AvgIpc) is 3.29. The van der Waals surface area contributed by atoms with E-state index in [0.29, 0.717) is 20.9 Å². The third-order valence-electron chi connectivity index (χ3n) is 5.44. The lowest BCUT2D eigenvalue weighted by molar-refractivity contribution is 0.257. The highest BCUT2D eigenvalue weighted by atomic mass is 35.5. The van der Waals surface area contributed by atoms with Crippen LogP contribution >= 0.6 is 46.5 Å². The van der Waals surface area contributed by atoms with Gasteiger partial charge in [-0.05, 0) is 61.3 Å². The molecule has 2 amide bonds. The smallest absolute Gasteiger partial charge is 0.333 e. The number of benzene rings is 2. The molecular formula is C24H22Cl2N6O3S2. The number of aromatic amines is 1. The standard InChI is InChI=1S/C24H22Cl2N6O3S2/c1-4-31(3)21(27-2)13-5-7-15-17(11-13)29-24(35)32(22(15)33)18-8-6-14(12-16(18)25)28-23(34)30-37-20-10-9-19(26)36-20/h5-12H,4H2,1-3H3,(H,29,35)(H2,28,30,34). The number of carbonyl (C=O) groups excluding carboxylic acids is 1. The first-order valence-electron chi connectivity index (χ1n) is 11.0. The normalized spacial score (nSPS) is 11.5. The summed E-state index contributed by atoms with van der Waals surface area (Å²) in [5, 5.41) is 3.10. The number of aromatic nitrogens is 2. The van der Waals surface area contributed by atoms with E-state index in [2.05, 4.69) is 20.0 Å². The molecule has 0 saturated carbocycles. The molecule has 37 heavy (non-hydrogen) atoms. The molecule has 2 aromatic heterocycles. The van der Waals surface area contributed by atoms with E-state index in [1.54, 1.807) is 43.4 Å². The third kappa shape index (κ3) is 5.85. The third-order valence-corrected chi connectivity index (χ3v) is 7.90. The van der Waals surface area contributed by atoms with Gasteiger partial charge in [-0.15, -0.1) is 11.3 Å². The van der Waals surface area contributed by atoms with Crippen LogP contribution in [0, 0.1) is 0 Å². The second-order valence-corrected chi connectivity index (χ2v) is 11.0. The van der Waals surface area contributed by atoms with Gasteiger partial charge >= 0.3 is 11.7 Å². The van der Waals surface area contributed by atoms with Crippen LogP contribution < -0.4 is 21.3 Å². The summed E-state index contributed by atoms with van der Waals surface area (Å²) < 4.78 is 5.06. The summed E-state index contributed by atoms with van der Waals surface area (Å²) in [5.74, 6) is 0.738. The lowest BCUT2D eigenvalue weighted by Gasteiger charge is -2.19. The van der Waals surface area contributed by atoms with Crippen LogP contribution in [0.4, 0.5) is 10.5 Å². The SMILES string of the molecule is CCN(C)C(=NC)c1ccc2c(=O)n(-c3ccc(NC(=O)NSc4ccc(Cl)s4)cc3Cl)c(=O)[nH]c2c1. The maximum atomic E-state index is 13.3. The Morgan fingerprint density at radius 1 is 1.16 bits per heavy atom.